The molecule has 4 aromatic rings. The van der Waals surface area contributed by atoms with Crippen molar-refractivity contribution in [2.45, 2.75) is 13.0 Å². The number of hydrogen-bond acceptors (Lipinski definition) is 5. The predicted octanol–water partition coefficient (Wildman–Crippen LogP) is 2.55. The molecule has 2 aromatic carbocycles. The van der Waals surface area contributed by atoms with Crippen molar-refractivity contribution < 1.29 is 13.7 Å². The number of nitrogens with one attached hydrogen (secondary N) is 1. The Morgan fingerprint density at radius 2 is 1.97 bits per heavy atom. The maximum absolute atomic E-state index is 13.5. The van der Waals surface area contributed by atoms with E-state index in [1.165, 1.54) is 29.1 Å². The number of halogens is 1. The molecular formula is C21H17FN4O3. The van der Waals surface area contributed by atoms with E-state index in [0.29, 0.717) is 18.5 Å². The number of aromatic nitrogens is 3. The number of rotatable bonds is 6. The molecule has 0 aliphatic heterocycles. The highest BCUT2D eigenvalue weighted by Gasteiger charge is 2.18. The smallest absolute Gasteiger partial charge is 0.267 e. The van der Waals surface area contributed by atoms with Gasteiger partial charge in [0.25, 0.3) is 11.3 Å². The maximum atomic E-state index is 13.5. The van der Waals surface area contributed by atoms with Gasteiger partial charge in [-0.2, -0.15) is 0 Å². The first kappa shape index (κ1) is 18.5. The molecule has 0 atom stereocenters. The molecule has 1 amide bonds. The lowest BCUT2D eigenvalue weighted by Crippen LogP contribution is -2.33. The third kappa shape index (κ3) is 4.06. The molecule has 0 saturated carbocycles. The predicted molar refractivity (Wildman–Crippen MR) is 105 cm³/mol. The summed E-state index contributed by atoms with van der Waals surface area (Å²) in [6, 6.07) is 15.4. The molecule has 0 unspecified atom stereocenters. The van der Waals surface area contributed by atoms with Crippen LogP contribution in [0.3, 0.4) is 0 Å². The molecule has 0 spiro atoms. The average molecular weight is 392 g/mol. The van der Waals surface area contributed by atoms with Crippen molar-refractivity contribution in [3.63, 3.8) is 0 Å². The van der Waals surface area contributed by atoms with E-state index in [2.05, 4.69) is 15.5 Å². The zero-order valence-electron chi connectivity index (χ0n) is 15.3. The van der Waals surface area contributed by atoms with Gasteiger partial charge in [0.15, 0.2) is 0 Å². The van der Waals surface area contributed by atoms with Crippen molar-refractivity contribution in [2.75, 3.05) is 6.54 Å². The molecule has 0 saturated heterocycles. The summed E-state index contributed by atoms with van der Waals surface area (Å²) in [6.45, 7) is 0.263. The number of nitrogens with zero attached hydrogens (tertiary/aromatic N) is 3. The fourth-order valence-electron chi connectivity index (χ4n) is 3.03. The summed E-state index contributed by atoms with van der Waals surface area (Å²) < 4.78 is 19.8. The first-order valence-electron chi connectivity index (χ1n) is 9.03. The van der Waals surface area contributed by atoms with Gasteiger partial charge in [-0.15, -0.1) is 0 Å². The number of amides is 1. The number of carbonyl (C=O) groups excluding carboxylic acids is 1. The Hall–Kier alpha value is -3.81. The SMILES string of the molecule is O=C(Cn1cnc2onc(-c3cccc(F)c3)c2c1=O)NCCc1ccccc1. The van der Waals surface area contributed by atoms with Gasteiger partial charge in [-0.3, -0.25) is 14.2 Å². The van der Waals surface area contributed by atoms with Gasteiger partial charge in [-0.25, -0.2) is 9.37 Å². The molecule has 0 fully saturated rings. The monoisotopic (exact) mass is 392 g/mol. The van der Waals surface area contributed by atoms with Crippen LogP contribution in [0.4, 0.5) is 4.39 Å². The minimum atomic E-state index is -0.478. The van der Waals surface area contributed by atoms with Crippen LogP contribution in [0.2, 0.25) is 0 Å². The molecule has 1 N–H and O–H groups in total. The van der Waals surface area contributed by atoms with Crippen LogP contribution < -0.4 is 10.9 Å². The molecule has 146 valence electrons. The van der Waals surface area contributed by atoms with Gasteiger partial charge in [-0.1, -0.05) is 47.6 Å². The highest BCUT2D eigenvalue weighted by Crippen LogP contribution is 2.24. The van der Waals surface area contributed by atoms with Gasteiger partial charge in [0.05, 0.1) is 0 Å². The van der Waals surface area contributed by atoms with Crippen molar-refractivity contribution in [2.24, 2.45) is 0 Å². The van der Waals surface area contributed by atoms with Crippen molar-refractivity contribution in [3.05, 3.63) is 82.7 Å². The lowest BCUT2D eigenvalue weighted by Gasteiger charge is -2.07. The molecule has 2 heterocycles. The van der Waals surface area contributed by atoms with Gasteiger partial charge < -0.3 is 9.84 Å². The standard InChI is InChI=1S/C21H17FN4O3/c22-16-8-4-7-15(11-16)19-18-20(29-25-19)24-13-26(21(18)28)12-17(27)23-10-9-14-5-2-1-3-6-14/h1-8,11,13H,9-10,12H2,(H,23,27). The van der Waals surface area contributed by atoms with E-state index in [4.69, 9.17) is 4.52 Å². The molecule has 4 rings (SSSR count). The van der Waals surface area contributed by atoms with Crippen molar-refractivity contribution in [1.82, 2.24) is 20.0 Å². The summed E-state index contributed by atoms with van der Waals surface area (Å²) >= 11 is 0. The fraction of sp³-hybridized carbons (Fsp3) is 0.143. The Morgan fingerprint density at radius 3 is 2.76 bits per heavy atom. The Morgan fingerprint density at radius 1 is 1.14 bits per heavy atom. The van der Waals surface area contributed by atoms with Crippen LogP contribution in [0, 0.1) is 5.82 Å². The molecule has 8 heteroatoms. The Labute approximate surface area is 164 Å². The normalized spacial score (nSPS) is 10.9. The number of carbonyl (C=O) groups is 1. The lowest BCUT2D eigenvalue weighted by atomic mass is 10.1. The zero-order chi connectivity index (χ0) is 20.2. The first-order valence-corrected chi connectivity index (χ1v) is 9.03. The Bertz CT molecular complexity index is 1220. The summed E-state index contributed by atoms with van der Waals surface area (Å²) in [7, 11) is 0. The average Bonchev–Trinajstić information content (AvgIpc) is 3.16. The van der Waals surface area contributed by atoms with Crippen LogP contribution in [0.1, 0.15) is 5.56 Å². The number of hydrogen-bond donors (Lipinski definition) is 1. The molecular weight excluding hydrogens is 375 g/mol. The minimum absolute atomic E-state index is 0.0370. The van der Waals surface area contributed by atoms with Crippen LogP contribution >= 0.6 is 0 Å². The highest BCUT2D eigenvalue weighted by atomic mass is 19.1. The Kier molecular flexibility index (Phi) is 5.15. The van der Waals surface area contributed by atoms with E-state index in [9.17, 15) is 14.0 Å². The summed E-state index contributed by atoms with van der Waals surface area (Å²) in [6.07, 6.45) is 1.93. The minimum Gasteiger partial charge on any atom is -0.354 e. The van der Waals surface area contributed by atoms with Crippen LogP contribution in [-0.4, -0.2) is 27.2 Å². The van der Waals surface area contributed by atoms with Gasteiger partial charge in [-0.05, 0) is 24.1 Å². The molecule has 0 bridgehead atoms. The lowest BCUT2D eigenvalue weighted by molar-refractivity contribution is -0.121. The molecule has 0 aliphatic carbocycles. The van der Waals surface area contributed by atoms with Crippen molar-refractivity contribution in [1.29, 1.82) is 0 Å². The second kappa shape index (κ2) is 8.05. The quantitative estimate of drug-likeness (QED) is 0.545. The number of fused-ring (bicyclic) bond motifs is 1. The molecule has 2 aromatic heterocycles. The third-order valence-electron chi connectivity index (χ3n) is 4.45. The van der Waals surface area contributed by atoms with E-state index >= 15 is 0 Å². The van der Waals surface area contributed by atoms with Crippen LogP contribution in [-0.2, 0) is 17.8 Å². The van der Waals surface area contributed by atoms with Gasteiger partial charge in [0, 0.05) is 12.1 Å². The van der Waals surface area contributed by atoms with Crippen LogP contribution in [0.15, 0.2) is 70.2 Å². The maximum Gasteiger partial charge on any atom is 0.267 e. The number of benzene rings is 2. The fourth-order valence-corrected chi connectivity index (χ4v) is 3.03. The summed E-state index contributed by atoms with van der Waals surface area (Å²) in [5.74, 6) is -0.770. The van der Waals surface area contributed by atoms with Gasteiger partial charge >= 0.3 is 0 Å². The second-order valence-electron chi connectivity index (χ2n) is 6.48. The molecule has 0 aliphatic rings. The summed E-state index contributed by atoms with van der Waals surface area (Å²) in [5.41, 5.74) is 1.25. The molecule has 7 nitrogen and oxygen atoms in total. The molecule has 29 heavy (non-hydrogen) atoms. The van der Waals surface area contributed by atoms with E-state index in [-0.39, 0.29) is 29.2 Å². The second-order valence-corrected chi connectivity index (χ2v) is 6.48. The zero-order valence-corrected chi connectivity index (χ0v) is 15.3. The van der Waals surface area contributed by atoms with Crippen LogP contribution in [0.25, 0.3) is 22.4 Å². The van der Waals surface area contributed by atoms with Gasteiger partial charge in [0.1, 0.15) is 29.8 Å². The van der Waals surface area contributed by atoms with E-state index in [0.717, 1.165) is 5.56 Å². The molecule has 0 radical (unpaired) electrons. The van der Waals surface area contributed by atoms with E-state index in [1.807, 2.05) is 30.3 Å². The Balaban J connectivity index is 1.52. The largest absolute Gasteiger partial charge is 0.354 e. The topological polar surface area (TPSA) is 90.0 Å². The summed E-state index contributed by atoms with van der Waals surface area (Å²) in [5, 5.41) is 6.75. The van der Waals surface area contributed by atoms with Crippen molar-refractivity contribution in [3.8, 4) is 11.3 Å². The third-order valence-corrected chi connectivity index (χ3v) is 4.45. The van der Waals surface area contributed by atoms with Crippen LogP contribution in [0.5, 0.6) is 0 Å². The van der Waals surface area contributed by atoms with Crippen molar-refractivity contribution >= 4 is 17.0 Å². The first-order chi connectivity index (χ1) is 14.1. The van der Waals surface area contributed by atoms with E-state index < -0.39 is 11.4 Å². The van der Waals surface area contributed by atoms with E-state index in [1.54, 1.807) is 6.07 Å². The highest BCUT2D eigenvalue weighted by molar-refractivity contribution is 5.88. The summed E-state index contributed by atoms with van der Waals surface area (Å²) in [4.78, 5) is 29.1. The van der Waals surface area contributed by atoms with Gasteiger partial charge in [0.2, 0.25) is 5.91 Å².